The first-order valence-electron chi connectivity index (χ1n) is 7.39. The summed E-state index contributed by atoms with van der Waals surface area (Å²) in [5.41, 5.74) is -0.208. The molecule has 0 unspecified atom stereocenters. The molecule has 152 valence electrons. The molecule has 28 heavy (non-hydrogen) atoms. The number of nitrogens with one attached hydrogen (secondary N) is 1. The number of carbonyl (C=O) groups is 1. The molecule has 0 bridgehead atoms. The summed E-state index contributed by atoms with van der Waals surface area (Å²) in [6, 6.07) is 5.78. The van der Waals surface area contributed by atoms with Crippen LogP contribution in [0.4, 0.5) is 32.0 Å². The van der Waals surface area contributed by atoms with Crippen LogP contribution < -0.4 is 14.8 Å². The molecule has 1 amide bonds. The van der Waals surface area contributed by atoms with Gasteiger partial charge in [0.15, 0.2) is 13.2 Å². The molecule has 0 aliphatic carbocycles. The number of rotatable bonds is 6. The molecule has 1 heterocycles. The Morgan fingerprint density at radius 3 is 2.21 bits per heavy atom. The minimum Gasteiger partial charge on any atom is -0.482 e. The first-order chi connectivity index (χ1) is 12.9. The van der Waals surface area contributed by atoms with Crippen LogP contribution in [0, 0.1) is 0 Å². The summed E-state index contributed by atoms with van der Waals surface area (Å²) in [4.78, 5) is 15.8. The molecule has 12 heteroatoms. The van der Waals surface area contributed by atoms with Gasteiger partial charge in [0.05, 0.1) is 11.3 Å². The molecule has 1 aromatic carbocycles. The zero-order valence-corrected chi connectivity index (χ0v) is 14.5. The molecule has 0 spiro atoms. The monoisotopic (exact) mass is 428 g/mol. The maximum absolute atomic E-state index is 12.3. The van der Waals surface area contributed by atoms with Crippen LogP contribution in [0.25, 0.3) is 0 Å². The van der Waals surface area contributed by atoms with E-state index in [2.05, 4.69) is 19.8 Å². The minimum atomic E-state index is -4.59. The molecule has 1 aromatic heterocycles. The number of carbonyl (C=O) groups excluding carboxylic acids is 1. The highest BCUT2D eigenvalue weighted by molar-refractivity contribution is 6.31. The van der Waals surface area contributed by atoms with Crippen molar-refractivity contribution < 1.29 is 40.6 Å². The molecule has 2 rings (SSSR count). The Morgan fingerprint density at radius 2 is 1.64 bits per heavy atom. The summed E-state index contributed by atoms with van der Waals surface area (Å²) in [6.07, 6.45) is -8.18. The third kappa shape index (κ3) is 7.14. The van der Waals surface area contributed by atoms with Gasteiger partial charge in [-0.1, -0.05) is 11.6 Å². The first kappa shape index (κ1) is 21.6. The predicted molar refractivity (Wildman–Crippen MR) is 86.7 cm³/mol. The number of amides is 1. The maximum Gasteiger partial charge on any atom is 0.422 e. The number of hydrogen-bond acceptors (Lipinski definition) is 4. The van der Waals surface area contributed by atoms with Crippen LogP contribution in [0.1, 0.15) is 10.4 Å². The van der Waals surface area contributed by atoms with E-state index in [0.29, 0.717) is 0 Å². The van der Waals surface area contributed by atoms with Crippen molar-refractivity contribution in [2.45, 2.75) is 12.4 Å². The van der Waals surface area contributed by atoms with Crippen molar-refractivity contribution in [2.75, 3.05) is 18.5 Å². The van der Waals surface area contributed by atoms with E-state index >= 15 is 0 Å². The summed E-state index contributed by atoms with van der Waals surface area (Å²) >= 11 is 5.78. The number of nitrogens with zero attached hydrogens (tertiary/aromatic N) is 1. The Labute approximate surface area is 159 Å². The highest BCUT2D eigenvalue weighted by Crippen LogP contribution is 2.30. The fourth-order valence-corrected chi connectivity index (χ4v) is 2.01. The lowest BCUT2D eigenvalue weighted by atomic mass is 10.2. The molecule has 0 radical (unpaired) electrons. The van der Waals surface area contributed by atoms with Gasteiger partial charge >= 0.3 is 12.4 Å². The quantitative estimate of drug-likeness (QED) is 0.667. The molecular formula is C16H11ClF6N2O3. The van der Waals surface area contributed by atoms with E-state index in [1.54, 1.807) is 0 Å². The normalized spacial score (nSPS) is 11.8. The Hall–Kier alpha value is -2.69. The van der Waals surface area contributed by atoms with Gasteiger partial charge in [0.25, 0.3) is 5.91 Å². The minimum absolute atomic E-state index is 0.0823. The van der Waals surface area contributed by atoms with E-state index < -0.39 is 31.5 Å². The third-order valence-electron chi connectivity index (χ3n) is 2.96. The largest absolute Gasteiger partial charge is 0.482 e. The number of alkyl halides is 6. The second kappa shape index (κ2) is 8.55. The van der Waals surface area contributed by atoms with E-state index in [1.165, 1.54) is 12.1 Å². The van der Waals surface area contributed by atoms with E-state index in [1.807, 2.05) is 0 Å². The molecule has 2 aromatic rings. The smallest absolute Gasteiger partial charge is 0.422 e. The summed E-state index contributed by atoms with van der Waals surface area (Å²) < 4.78 is 82.3. The van der Waals surface area contributed by atoms with Gasteiger partial charge < -0.3 is 14.8 Å². The van der Waals surface area contributed by atoms with Crippen molar-refractivity contribution >= 4 is 23.2 Å². The van der Waals surface area contributed by atoms with Crippen molar-refractivity contribution in [1.29, 1.82) is 0 Å². The third-order valence-corrected chi connectivity index (χ3v) is 3.20. The summed E-state index contributed by atoms with van der Waals surface area (Å²) in [7, 11) is 0. The van der Waals surface area contributed by atoms with Gasteiger partial charge in [0.2, 0.25) is 5.88 Å². The number of ether oxygens (including phenoxy) is 2. The molecule has 0 saturated carbocycles. The number of halogens is 7. The average Bonchev–Trinajstić information content (AvgIpc) is 2.58. The molecule has 1 N–H and O–H groups in total. The van der Waals surface area contributed by atoms with Crippen molar-refractivity contribution in [1.82, 2.24) is 4.98 Å². The Balaban J connectivity index is 2.08. The van der Waals surface area contributed by atoms with E-state index in [9.17, 15) is 31.1 Å². The van der Waals surface area contributed by atoms with Gasteiger partial charge in [0.1, 0.15) is 5.75 Å². The van der Waals surface area contributed by atoms with Crippen LogP contribution in [0.5, 0.6) is 11.6 Å². The van der Waals surface area contributed by atoms with Crippen molar-refractivity contribution in [3.8, 4) is 11.6 Å². The second-order valence-electron chi connectivity index (χ2n) is 5.29. The van der Waals surface area contributed by atoms with Gasteiger partial charge in [0, 0.05) is 17.3 Å². The van der Waals surface area contributed by atoms with Crippen LogP contribution in [0.2, 0.25) is 5.02 Å². The Bertz CT molecular complexity index is 825. The zero-order chi connectivity index (χ0) is 20.9. The number of aromatic nitrogens is 1. The molecule has 0 aliphatic rings. The van der Waals surface area contributed by atoms with Crippen molar-refractivity contribution in [3.05, 3.63) is 47.1 Å². The van der Waals surface area contributed by atoms with Crippen LogP contribution in [-0.4, -0.2) is 36.5 Å². The fourth-order valence-electron chi connectivity index (χ4n) is 1.84. The Morgan fingerprint density at radius 1 is 1.00 bits per heavy atom. The SMILES string of the molecule is O=C(Nc1cc(Cl)ccc1OCC(F)(F)F)c1ccc(OCC(F)(F)F)nc1. The molecular weight excluding hydrogens is 418 g/mol. The topological polar surface area (TPSA) is 60.5 Å². The van der Waals surface area contributed by atoms with Crippen molar-refractivity contribution in [2.24, 2.45) is 0 Å². The van der Waals surface area contributed by atoms with Crippen molar-refractivity contribution in [3.63, 3.8) is 0 Å². The first-order valence-corrected chi connectivity index (χ1v) is 7.77. The Kier molecular flexibility index (Phi) is 6.60. The molecule has 0 atom stereocenters. The lowest BCUT2D eigenvalue weighted by molar-refractivity contribution is -0.154. The standard InChI is InChI=1S/C16H11ClF6N2O3/c17-10-2-3-12(27-7-15(18,19)20)11(5-10)25-14(26)9-1-4-13(24-6-9)28-8-16(21,22)23/h1-6H,7-8H2,(H,25,26). The number of hydrogen-bond donors (Lipinski definition) is 1. The maximum atomic E-state index is 12.3. The molecule has 0 aliphatic heterocycles. The summed E-state index contributed by atoms with van der Waals surface area (Å²) in [6.45, 7) is -3.13. The van der Waals surface area contributed by atoms with Crippen LogP contribution in [-0.2, 0) is 0 Å². The number of benzene rings is 1. The van der Waals surface area contributed by atoms with Gasteiger partial charge in [-0.3, -0.25) is 4.79 Å². The predicted octanol–water partition coefficient (Wildman–Crippen LogP) is 4.87. The van der Waals surface area contributed by atoms with E-state index in [0.717, 1.165) is 24.4 Å². The lowest BCUT2D eigenvalue weighted by Gasteiger charge is -2.14. The van der Waals surface area contributed by atoms with Gasteiger partial charge in [-0.2, -0.15) is 26.3 Å². The molecule has 5 nitrogen and oxygen atoms in total. The summed E-state index contributed by atoms with van der Waals surface area (Å²) in [5, 5.41) is 2.43. The fraction of sp³-hybridized carbons (Fsp3) is 0.250. The highest BCUT2D eigenvalue weighted by Gasteiger charge is 2.29. The van der Waals surface area contributed by atoms with Gasteiger partial charge in [-0.15, -0.1) is 0 Å². The van der Waals surface area contributed by atoms with Crippen LogP contribution in [0.3, 0.4) is 0 Å². The van der Waals surface area contributed by atoms with Gasteiger partial charge in [-0.05, 0) is 24.3 Å². The van der Waals surface area contributed by atoms with E-state index in [4.69, 9.17) is 11.6 Å². The van der Waals surface area contributed by atoms with Crippen LogP contribution >= 0.6 is 11.6 Å². The zero-order valence-electron chi connectivity index (χ0n) is 13.7. The summed E-state index contributed by atoms with van der Waals surface area (Å²) in [5.74, 6) is -1.42. The van der Waals surface area contributed by atoms with E-state index in [-0.39, 0.29) is 27.9 Å². The van der Waals surface area contributed by atoms with Gasteiger partial charge in [-0.25, -0.2) is 4.98 Å². The molecule has 0 fully saturated rings. The molecule has 0 saturated heterocycles. The highest BCUT2D eigenvalue weighted by atomic mass is 35.5. The second-order valence-corrected chi connectivity index (χ2v) is 5.72. The lowest BCUT2D eigenvalue weighted by Crippen LogP contribution is -2.20. The number of pyridine rings is 1. The average molecular weight is 429 g/mol. The van der Waals surface area contributed by atoms with Crippen LogP contribution in [0.15, 0.2) is 36.5 Å². The number of anilines is 1.